The molecule has 1 unspecified atom stereocenters. The summed E-state index contributed by atoms with van der Waals surface area (Å²) in [5, 5.41) is 10.2. The number of fused-ring (bicyclic) bond motifs is 1. The SMILES string of the molecule is [C-]#[N+]C(C#N)=C1C(=CN(C)C)CC(c2ccc(Cl)cc2)c2ccccc21. The van der Waals surface area contributed by atoms with Gasteiger partial charge in [-0.2, -0.15) is 0 Å². The highest BCUT2D eigenvalue weighted by atomic mass is 35.5. The lowest BCUT2D eigenvalue weighted by Gasteiger charge is -2.31. The lowest BCUT2D eigenvalue weighted by molar-refractivity contribution is 0.555. The first-order valence-electron chi connectivity index (χ1n) is 8.29. The van der Waals surface area contributed by atoms with Crippen LogP contribution in [0.1, 0.15) is 29.0 Å². The normalized spacial score (nSPS) is 19.3. The number of halogens is 1. The summed E-state index contributed by atoms with van der Waals surface area (Å²) in [6.07, 6.45) is 2.74. The van der Waals surface area contributed by atoms with Gasteiger partial charge in [-0.05, 0) is 40.8 Å². The second-order valence-electron chi connectivity index (χ2n) is 6.46. The Bertz CT molecular complexity index is 954. The molecule has 26 heavy (non-hydrogen) atoms. The van der Waals surface area contributed by atoms with Crippen LogP contribution < -0.4 is 0 Å². The van der Waals surface area contributed by atoms with Gasteiger partial charge in [-0.25, -0.2) is 10.1 Å². The van der Waals surface area contributed by atoms with Crippen molar-refractivity contribution in [1.82, 2.24) is 4.90 Å². The van der Waals surface area contributed by atoms with Gasteiger partial charge < -0.3 is 4.90 Å². The van der Waals surface area contributed by atoms with Crippen molar-refractivity contribution in [3.8, 4) is 6.07 Å². The Morgan fingerprint density at radius 1 is 1.23 bits per heavy atom. The summed E-state index contributed by atoms with van der Waals surface area (Å²) >= 11 is 6.06. The van der Waals surface area contributed by atoms with E-state index in [9.17, 15) is 5.26 Å². The molecule has 0 heterocycles. The molecule has 2 aromatic rings. The van der Waals surface area contributed by atoms with Crippen LogP contribution in [0.25, 0.3) is 10.4 Å². The van der Waals surface area contributed by atoms with Crippen molar-refractivity contribution < 1.29 is 0 Å². The van der Waals surface area contributed by atoms with Crippen LogP contribution in [0.3, 0.4) is 0 Å². The zero-order chi connectivity index (χ0) is 18.7. The van der Waals surface area contributed by atoms with Gasteiger partial charge in [-0.3, -0.25) is 0 Å². The number of nitrogens with zero attached hydrogens (tertiary/aromatic N) is 3. The van der Waals surface area contributed by atoms with E-state index in [1.54, 1.807) is 0 Å². The van der Waals surface area contributed by atoms with Crippen LogP contribution in [0.5, 0.6) is 0 Å². The summed E-state index contributed by atoms with van der Waals surface area (Å²) in [6.45, 7) is 7.44. The topological polar surface area (TPSA) is 31.4 Å². The molecule has 0 aliphatic heterocycles. The maximum Gasteiger partial charge on any atom is 0.269 e. The third-order valence-electron chi connectivity index (χ3n) is 4.49. The van der Waals surface area contributed by atoms with Gasteiger partial charge in [0.05, 0.1) is 12.6 Å². The van der Waals surface area contributed by atoms with Crippen LogP contribution in [0.2, 0.25) is 5.02 Å². The Kier molecular flexibility index (Phi) is 5.12. The van der Waals surface area contributed by atoms with E-state index < -0.39 is 0 Å². The number of hydrogen-bond acceptors (Lipinski definition) is 2. The molecule has 4 heteroatoms. The first-order valence-corrected chi connectivity index (χ1v) is 8.67. The maximum atomic E-state index is 9.49. The molecule has 0 N–H and O–H groups in total. The van der Waals surface area contributed by atoms with E-state index >= 15 is 0 Å². The lowest BCUT2D eigenvalue weighted by atomic mass is 9.74. The molecule has 0 spiro atoms. The van der Waals surface area contributed by atoms with Crippen molar-refractivity contribution in [1.29, 1.82) is 5.26 Å². The Hall–Kier alpha value is -3.01. The molecule has 0 saturated carbocycles. The van der Waals surface area contributed by atoms with Crippen LogP contribution in [0.4, 0.5) is 0 Å². The van der Waals surface area contributed by atoms with E-state index in [0.717, 1.165) is 28.7 Å². The molecule has 2 aromatic carbocycles. The predicted molar refractivity (Wildman–Crippen MR) is 105 cm³/mol. The second-order valence-corrected chi connectivity index (χ2v) is 6.90. The van der Waals surface area contributed by atoms with Crippen LogP contribution in [0, 0.1) is 17.9 Å². The molecule has 3 nitrogen and oxygen atoms in total. The Morgan fingerprint density at radius 2 is 1.92 bits per heavy atom. The Balaban J connectivity index is 2.27. The van der Waals surface area contributed by atoms with Crippen LogP contribution in [0.15, 0.2) is 66.0 Å². The van der Waals surface area contributed by atoms with Crippen molar-refractivity contribution >= 4 is 17.2 Å². The minimum Gasteiger partial charge on any atom is -0.383 e. The van der Waals surface area contributed by atoms with Crippen molar-refractivity contribution in [2.45, 2.75) is 12.3 Å². The number of rotatable bonds is 2. The molecule has 1 atom stereocenters. The summed E-state index contributed by atoms with van der Waals surface area (Å²) in [7, 11) is 3.90. The molecule has 0 saturated heterocycles. The van der Waals surface area contributed by atoms with Crippen LogP contribution in [-0.2, 0) is 0 Å². The van der Waals surface area contributed by atoms with Gasteiger partial charge in [-0.1, -0.05) is 48.0 Å². The summed E-state index contributed by atoms with van der Waals surface area (Å²) in [5.74, 6) is 0.157. The predicted octanol–water partition coefficient (Wildman–Crippen LogP) is 5.48. The van der Waals surface area contributed by atoms with Gasteiger partial charge in [0.25, 0.3) is 5.70 Å². The average molecular weight is 360 g/mol. The second kappa shape index (κ2) is 7.48. The third-order valence-corrected chi connectivity index (χ3v) is 4.74. The molecular weight excluding hydrogens is 342 g/mol. The van der Waals surface area contributed by atoms with Crippen LogP contribution in [-0.4, -0.2) is 19.0 Å². The highest BCUT2D eigenvalue weighted by Gasteiger charge is 2.30. The fourth-order valence-electron chi connectivity index (χ4n) is 3.47. The molecule has 0 fully saturated rings. The van der Waals surface area contributed by atoms with E-state index in [-0.39, 0.29) is 11.6 Å². The van der Waals surface area contributed by atoms with Crippen molar-refractivity contribution in [2.24, 2.45) is 0 Å². The van der Waals surface area contributed by atoms with Gasteiger partial charge in [0, 0.05) is 36.8 Å². The molecule has 3 rings (SSSR count). The van der Waals surface area contributed by atoms with E-state index in [0.29, 0.717) is 5.02 Å². The quantitative estimate of drug-likeness (QED) is 0.525. The molecular formula is C22H18ClN3. The minimum atomic E-state index is 0.139. The fourth-order valence-corrected chi connectivity index (χ4v) is 3.60. The number of nitriles is 1. The first-order chi connectivity index (χ1) is 12.5. The van der Waals surface area contributed by atoms with Gasteiger partial charge in [0.2, 0.25) is 0 Å². The summed E-state index contributed by atoms with van der Waals surface area (Å²) in [6, 6.07) is 18.0. The number of allylic oxidation sites excluding steroid dienone is 3. The molecule has 1 aliphatic rings. The lowest BCUT2D eigenvalue weighted by Crippen LogP contribution is -2.16. The summed E-state index contributed by atoms with van der Waals surface area (Å²) in [4.78, 5) is 5.45. The van der Waals surface area contributed by atoms with Gasteiger partial charge in [-0.15, -0.1) is 0 Å². The van der Waals surface area contributed by atoms with Crippen molar-refractivity contribution in [3.63, 3.8) is 0 Å². The third kappa shape index (κ3) is 3.36. The first kappa shape index (κ1) is 17.8. The van der Waals surface area contributed by atoms with E-state index in [1.807, 2.05) is 67.7 Å². The molecule has 0 aromatic heterocycles. The molecule has 0 bridgehead atoms. The summed E-state index contributed by atoms with van der Waals surface area (Å²) < 4.78 is 0. The smallest absolute Gasteiger partial charge is 0.269 e. The monoisotopic (exact) mass is 359 g/mol. The van der Waals surface area contributed by atoms with E-state index in [4.69, 9.17) is 18.2 Å². The van der Waals surface area contributed by atoms with Gasteiger partial charge in [0.15, 0.2) is 0 Å². The number of hydrogen-bond donors (Lipinski definition) is 0. The minimum absolute atomic E-state index is 0.139. The zero-order valence-electron chi connectivity index (χ0n) is 14.7. The summed E-state index contributed by atoms with van der Waals surface area (Å²) in [5.41, 5.74) is 5.15. The van der Waals surface area contributed by atoms with Crippen molar-refractivity contribution in [3.05, 3.63) is 99.1 Å². The molecule has 0 amide bonds. The van der Waals surface area contributed by atoms with E-state index in [2.05, 4.69) is 17.0 Å². The highest BCUT2D eigenvalue weighted by Crippen LogP contribution is 2.46. The standard InChI is InChI=1S/C22H18ClN3/c1-25-21(13-24)22-16(14-26(2)3)12-20(15-8-10-17(23)11-9-15)18-6-4-5-7-19(18)22/h4-11,14,20H,12H2,2-3H3. The van der Waals surface area contributed by atoms with Crippen molar-refractivity contribution in [2.75, 3.05) is 14.1 Å². The molecule has 1 aliphatic carbocycles. The molecule has 0 radical (unpaired) electrons. The fraction of sp³-hybridized carbons (Fsp3) is 0.182. The van der Waals surface area contributed by atoms with E-state index in [1.165, 1.54) is 5.56 Å². The Morgan fingerprint density at radius 3 is 2.54 bits per heavy atom. The average Bonchev–Trinajstić information content (AvgIpc) is 2.64. The maximum absolute atomic E-state index is 9.49. The van der Waals surface area contributed by atoms with Gasteiger partial charge in [0.1, 0.15) is 0 Å². The number of benzene rings is 2. The Labute approximate surface area is 159 Å². The highest BCUT2D eigenvalue weighted by molar-refractivity contribution is 6.30. The largest absolute Gasteiger partial charge is 0.383 e. The van der Waals surface area contributed by atoms with Gasteiger partial charge >= 0.3 is 0 Å². The van der Waals surface area contributed by atoms with Crippen LogP contribution >= 0.6 is 11.6 Å². The zero-order valence-corrected chi connectivity index (χ0v) is 15.5. The molecule has 128 valence electrons.